The zero-order chi connectivity index (χ0) is 15.8. The van der Waals surface area contributed by atoms with Crippen LogP contribution < -0.4 is 10.5 Å². The smallest absolute Gasteiger partial charge is 0.263 e. The highest BCUT2D eigenvalue weighted by Crippen LogP contribution is 2.35. The average Bonchev–Trinajstić information content (AvgIpc) is 2.42. The van der Waals surface area contributed by atoms with Crippen LogP contribution >= 0.6 is 34.8 Å². The molecule has 0 bridgehead atoms. The van der Waals surface area contributed by atoms with Crippen LogP contribution in [0.3, 0.4) is 0 Å². The molecule has 4 nitrogen and oxygen atoms in total. The van der Waals surface area contributed by atoms with E-state index in [2.05, 4.69) is 4.72 Å². The van der Waals surface area contributed by atoms with Crippen LogP contribution in [0.4, 0.5) is 11.4 Å². The molecule has 0 saturated heterocycles. The number of nitrogens with two attached hydrogens (primary N) is 1. The van der Waals surface area contributed by atoms with E-state index in [1.54, 1.807) is 19.1 Å². The van der Waals surface area contributed by atoms with Crippen LogP contribution in [0.15, 0.2) is 35.2 Å². The molecule has 21 heavy (non-hydrogen) atoms. The van der Waals surface area contributed by atoms with Gasteiger partial charge in [0, 0.05) is 5.69 Å². The fourth-order valence-corrected chi connectivity index (χ4v) is 3.87. The number of nitrogen functional groups attached to an aromatic ring is 1. The molecule has 0 aliphatic heterocycles. The SMILES string of the molecule is Cc1ccc(Cl)c(NS(=O)(=O)c2cc(N)ccc2Cl)c1Cl. The van der Waals surface area contributed by atoms with E-state index in [-0.39, 0.29) is 31.3 Å². The molecule has 0 saturated carbocycles. The second-order valence-corrected chi connectivity index (χ2v) is 7.19. The van der Waals surface area contributed by atoms with Crippen molar-refractivity contribution in [2.24, 2.45) is 0 Å². The second kappa shape index (κ2) is 5.93. The fraction of sp³-hybridized carbons (Fsp3) is 0.0769. The summed E-state index contributed by atoms with van der Waals surface area (Å²) in [6.07, 6.45) is 0. The van der Waals surface area contributed by atoms with E-state index in [1.807, 2.05) is 0 Å². The number of benzene rings is 2. The van der Waals surface area contributed by atoms with Crippen molar-refractivity contribution in [3.63, 3.8) is 0 Å². The lowest BCUT2D eigenvalue weighted by molar-refractivity contribution is 0.601. The Hall–Kier alpha value is -1.14. The van der Waals surface area contributed by atoms with Gasteiger partial charge in [0.05, 0.1) is 20.8 Å². The largest absolute Gasteiger partial charge is 0.399 e. The summed E-state index contributed by atoms with van der Waals surface area (Å²) >= 11 is 18.0. The van der Waals surface area contributed by atoms with Crippen molar-refractivity contribution in [3.8, 4) is 0 Å². The molecule has 3 N–H and O–H groups in total. The minimum atomic E-state index is -3.96. The van der Waals surface area contributed by atoms with Crippen molar-refractivity contribution in [2.45, 2.75) is 11.8 Å². The summed E-state index contributed by atoms with van der Waals surface area (Å²) < 4.78 is 27.2. The molecule has 2 aromatic rings. The highest BCUT2D eigenvalue weighted by molar-refractivity contribution is 7.92. The van der Waals surface area contributed by atoms with Crippen molar-refractivity contribution in [3.05, 3.63) is 51.0 Å². The monoisotopic (exact) mass is 364 g/mol. The molecule has 0 aliphatic rings. The second-order valence-electron chi connectivity index (χ2n) is 4.35. The van der Waals surface area contributed by atoms with Crippen molar-refractivity contribution >= 4 is 56.2 Å². The fourth-order valence-electron chi connectivity index (χ4n) is 1.67. The number of anilines is 2. The first kappa shape index (κ1) is 16.2. The van der Waals surface area contributed by atoms with Crippen LogP contribution in [-0.4, -0.2) is 8.42 Å². The molecule has 0 aromatic heterocycles. The van der Waals surface area contributed by atoms with Crippen molar-refractivity contribution in [2.75, 3.05) is 10.5 Å². The van der Waals surface area contributed by atoms with Gasteiger partial charge in [-0.3, -0.25) is 4.72 Å². The number of hydrogen-bond acceptors (Lipinski definition) is 3. The molecule has 0 radical (unpaired) electrons. The van der Waals surface area contributed by atoms with Gasteiger partial charge in [0.1, 0.15) is 4.90 Å². The van der Waals surface area contributed by atoms with E-state index in [0.29, 0.717) is 5.56 Å². The number of sulfonamides is 1. The summed E-state index contributed by atoms with van der Waals surface area (Å²) in [6, 6.07) is 7.43. The van der Waals surface area contributed by atoms with Crippen LogP contribution in [-0.2, 0) is 10.0 Å². The Morgan fingerprint density at radius 1 is 1.05 bits per heavy atom. The van der Waals surface area contributed by atoms with E-state index >= 15 is 0 Å². The predicted molar refractivity (Wildman–Crippen MR) is 87.9 cm³/mol. The molecule has 0 spiro atoms. The van der Waals surface area contributed by atoms with E-state index < -0.39 is 10.0 Å². The first-order valence-corrected chi connectivity index (χ1v) is 8.36. The molecule has 0 aliphatic carbocycles. The summed E-state index contributed by atoms with van der Waals surface area (Å²) in [5.74, 6) is 0. The molecule has 0 atom stereocenters. The first-order valence-electron chi connectivity index (χ1n) is 5.75. The lowest BCUT2D eigenvalue weighted by Gasteiger charge is -2.14. The zero-order valence-corrected chi connectivity index (χ0v) is 13.9. The Labute approximate surface area is 137 Å². The molecular formula is C13H11Cl3N2O2S. The van der Waals surface area contributed by atoms with Crippen LogP contribution in [0.1, 0.15) is 5.56 Å². The minimum Gasteiger partial charge on any atom is -0.399 e. The Balaban J connectivity index is 2.53. The number of nitrogens with one attached hydrogen (secondary N) is 1. The normalized spacial score (nSPS) is 11.4. The number of halogens is 3. The zero-order valence-electron chi connectivity index (χ0n) is 10.8. The van der Waals surface area contributed by atoms with Gasteiger partial charge < -0.3 is 5.73 Å². The van der Waals surface area contributed by atoms with Gasteiger partial charge in [-0.15, -0.1) is 0 Å². The molecule has 0 heterocycles. The maximum atomic E-state index is 12.4. The van der Waals surface area contributed by atoms with Crippen molar-refractivity contribution in [1.82, 2.24) is 0 Å². The highest BCUT2D eigenvalue weighted by Gasteiger charge is 2.21. The Morgan fingerprint density at radius 2 is 1.67 bits per heavy atom. The Kier molecular flexibility index (Phi) is 4.58. The van der Waals surface area contributed by atoms with Gasteiger partial charge in [0.15, 0.2) is 0 Å². The van der Waals surface area contributed by atoms with Gasteiger partial charge in [-0.05, 0) is 36.8 Å². The lowest BCUT2D eigenvalue weighted by Crippen LogP contribution is -2.14. The summed E-state index contributed by atoms with van der Waals surface area (Å²) in [6.45, 7) is 1.74. The topological polar surface area (TPSA) is 72.2 Å². The standard InChI is InChI=1S/C13H11Cl3N2O2S/c1-7-2-4-10(15)13(12(7)16)18-21(19,20)11-6-8(17)3-5-9(11)14/h2-6,18H,17H2,1H3. The molecule has 0 fully saturated rings. The average molecular weight is 366 g/mol. The molecule has 0 amide bonds. The minimum absolute atomic E-state index is 0.0524. The molecule has 0 unspecified atom stereocenters. The molecule has 2 aromatic carbocycles. The van der Waals surface area contributed by atoms with E-state index in [0.717, 1.165) is 0 Å². The van der Waals surface area contributed by atoms with E-state index in [9.17, 15) is 8.42 Å². The van der Waals surface area contributed by atoms with Crippen molar-refractivity contribution < 1.29 is 8.42 Å². The maximum Gasteiger partial charge on any atom is 0.263 e. The third kappa shape index (κ3) is 3.37. The predicted octanol–water partition coefficient (Wildman–Crippen LogP) is 4.34. The van der Waals surface area contributed by atoms with Crippen LogP contribution in [0.25, 0.3) is 0 Å². The summed E-state index contributed by atoms with van der Waals surface area (Å²) in [7, 11) is -3.96. The number of hydrogen-bond donors (Lipinski definition) is 2. The van der Waals surface area contributed by atoms with Gasteiger partial charge in [-0.2, -0.15) is 0 Å². The van der Waals surface area contributed by atoms with E-state index in [4.69, 9.17) is 40.5 Å². The van der Waals surface area contributed by atoms with Gasteiger partial charge in [0.2, 0.25) is 0 Å². The van der Waals surface area contributed by atoms with Crippen LogP contribution in [0.2, 0.25) is 15.1 Å². The number of aryl methyl sites for hydroxylation is 1. The molecule has 112 valence electrons. The van der Waals surface area contributed by atoms with Gasteiger partial charge in [-0.1, -0.05) is 40.9 Å². The van der Waals surface area contributed by atoms with Gasteiger partial charge in [0.25, 0.3) is 10.0 Å². The van der Waals surface area contributed by atoms with Crippen LogP contribution in [0.5, 0.6) is 0 Å². The third-order valence-corrected chi connectivity index (χ3v) is 5.40. The Morgan fingerprint density at radius 3 is 2.33 bits per heavy atom. The van der Waals surface area contributed by atoms with Gasteiger partial charge in [-0.25, -0.2) is 8.42 Å². The summed E-state index contributed by atoms with van der Waals surface area (Å²) in [5, 5.41) is 0.469. The summed E-state index contributed by atoms with van der Waals surface area (Å²) in [5.41, 5.74) is 6.68. The summed E-state index contributed by atoms with van der Waals surface area (Å²) in [4.78, 5) is -0.141. The van der Waals surface area contributed by atoms with Crippen molar-refractivity contribution in [1.29, 1.82) is 0 Å². The van der Waals surface area contributed by atoms with E-state index in [1.165, 1.54) is 18.2 Å². The first-order chi connectivity index (χ1) is 9.72. The lowest BCUT2D eigenvalue weighted by atomic mass is 10.2. The number of rotatable bonds is 3. The molecular weight excluding hydrogens is 355 g/mol. The Bertz CT molecular complexity index is 807. The van der Waals surface area contributed by atoms with Gasteiger partial charge >= 0.3 is 0 Å². The molecule has 2 rings (SSSR count). The van der Waals surface area contributed by atoms with Crippen LogP contribution in [0, 0.1) is 6.92 Å². The molecule has 8 heteroatoms. The quantitative estimate of drug-likeness (QED) is 0.795. The maximum absolute atomic E-state index is 12.4. The highest BCUT2D eigenvalue weighted by atomic mass is 35.5. The third-order valence-electron chi connectivity index (χ3n) is 2.77.